The van der Waals surface area contributed by atoms with Crippen LogP contribution in [-0.2, 0) is 6.42 Å². The van der Waals surface area contributed by atoms with E-state index in [0.29, 0.717) is 19.6 Å². The molecule has 0 aliphatic heterocycles. The molecule has 0 heterocycles. The molecule has 0 saturated heterocycles. The molecule has 0 bridgehead atoms. The average molecular weight is 408 g/mol. The molecule has 2 amide bonds. The van der Waals surface area contributed by atoms with E-state index in [9.17, 15) is 4.79 Å². The Bertz CT molecular complexity index is 410. The molecule has 0 aliphatic rings. The molecule has 1 rings (SSSR count). The molecule has 0 unspecified atom stereocenters. The molecule has 0 atom stereocenters. The first-order valence-electron chi connectivity index (χ1n) is 6.49. The zero-order valence-corrected chi connectivity index (χ0v) is 14.7. The number of benzene rings is 1. The number of alkyl halides is 2. The summed E-state index contributed by atoms with van der Waals surface area (Å²) < 4.78 is 5.18. The highest BCUT2D eigenvalue weighted by Gasteiger charge is 2.10. The SMILES string of the molecule is COc1cccc(CCNC(=O)N(CCBr)CCBr)c1. The minimum atomic E-state index is -0.0215. The van der Waals surface area contributed by atoms with Crippen LogP contribution >= 0.6 is 31.9 Å². The van der Waals surface area contributed by atoms with Crippen LogP contribution in [0.3, 0.4) is 0 Å². The van der Waals surface area contributed by atoms with Gasteiger partial charge in [0.2, 0.25) is 0 Å². The Morgan fingerprint density at radius 1 is 1.30 bits per heavy atom. The van der Waals surface area contributed by atoms with Gasteiger partial charge in [0.05, 0.1) is 7.11 Å². The number of rotatable bonds is 8. The van der Waals surface area contributed by atoms with Gasteiger partial charge in [-0.05, 0) is 24.1 Å². The molecule has 112 valence electrons. The Hall–Kier alpha value is -0.750. The van der Waals surface area contributed by atoms with Crippen LogP contribution in [0.1, 0.15) is 5.56 Å². The first-order valence-corrected chi connectivity index (χ1v) is 8.73. The van der Waals surface area contributed by atoms with Crippen LogP contribution in [0, 0.1) is 0 Å². The Labute approximate surface area is 137 Å². The topological polar surface area (TPSA) is 41.6 Å². The number of methoxy groups -OCH3 is 1. The lowest BCUT2D eigenvalue weighted by atomic mass is 10.1. The van der Waals surface area contributed by atoms with Crippen molar-refractivity contribution in [1.29, 1.82) is 0 Å². The number of nitrogens with one attached hydrogen (secondary N) is 1. The van der Waals surface area contributed by atoms with Crippen molar-refractivity contribution in [3.8, 4) is 5.75 Å². The molecule has 20 heavy (non-hydrogen) atoms. The van der Waals surface area contributed by atoms with Gasteiger partial charge in [-0.2, -0.15) is 0 Å². The first kappa shape index (κ1) is 17.3. The minimum Gasteiger partial charge on any atom is -0.497 e. The summed E-state index contributed by atoms with van der Waals surface area (Å²) in [4.78, 5) is 13.8. The summed E-state index contributed by atoms with van der Waals surface area (Å²) >= 11 is 6.72. The van der Waals surface area contributed by atoms with E-state index >= 15 is 0 Å². The molecule has 0 spiro atoms. The third-order valence-corrected chi connectivity index (χ3v) is 3.53. The Kier molecular flexibility index (Phi) is 8.69. The maximum Gasteiger partial charge on any atom is 0.317 e. The van der Waals surface area contributed by atoms with Crippen molar-refractivity contribution >= 4 is 37.9 Å². The molecule has 1 aromatic rings. The van der Waals surface area contributed by atoms with Gasteiger partial charge in [-0.15, -0.1) is 0 Å². The zero-order chi connectivity index (χ0) is 14.8. The minimum absolute atomic E-state index is 0.0215. The number of carbonyl (C=O) groups is 1. The normalized spacial score (nSPS) is 10.2. The number of amides is 2. The zero-order valence-electron chi connectivity index (χ0n) is 11.6. The van der Waals surface area contributed by atoms with E-state index < -0.39 is 0 Å². The summed E-state index contributed by atoms with van der Waals surface area (Å²) in [6.45, 7) is 2.03. The fourth-order valence-electron chi connectivity index (χ4n) is 1.77. The summed E-state index contributed by atoms with van der Waals surface area (Å²) in [6, 6.07) is 7.87. The van der Waals surface area contributed by atoms with E-state index in [4.69, 9.17) is 4.74 Å². The molecule has 6 heteroatoms. The fourth-order valence-corrected chi connectivity index (χ4v) is 2.63. The highest BCUT2D eigenvalue weighted by Crippen LogP contribution is 2.12. The Balaban J connectivity index is 2.39. The summed E-state index contributed by atoms with van der Waals surface area (Å²) in [6.07, 6.45) is 0.791. The molecule has 0 aliphatic carbocycles. The second kappa shape index (κ2) is 10.0. The maximum absolute atomic E-state index is 12.0. The summed E-state index contributed by atoms with van der Waals surface area (Å²) in [5, 5.41) is 4.50. The lowest BCUT2D eigenvalue weighted by molar-refractivity contribution is 0.204. The van der Waals surface area contributed by atoms with Gasteiger partial charge in [0.1, 0.15) is 5.75 Å². The predicted molar refractivity (Wildman–Crippen MR) is 89.3 cm³/mol. The molecular formula is C14H20Br2N2O2. The smallest absolute Gasteiger partial charge is 0.317 e. The summed E-state index contributed by atoms with van der Waals surface area (Å²) in [7, 11) is 1.65. The van der Waals surface area contributed by atoms with Crippen LogP contribution in [0.25, 0.3) is 0 Å². The quantitative estimate of drug-likeness (QED) is 0.673. The molecule has 1 N–H and O–H groups in total. The van der Waals surface area contributed by atoms with Crippen molar-refractivity contribution in [1.82, 2.24) is 10.2 Å². The highest BCUT2D eigenvalue weighted by molar-refractivity contribution is 9.09. The summed E-state index contributed by atoms with van der Waals surface area (Å²) in [5.41, 5.74) is 1.15. The highest BCUT2D eigenvalue weighted by atomic mass is 79.9. The van der Waals surface area contributed by atoms with Crippen LogP contribution < -0.4 is 10.1 Å². The van der Waals surface area contributed by atoms with E-state index in [1.54, 1.807) is 12.0 Å². The van der Waals surface area contributed by atoms with Crippen molar-refractivity contribution in [2.45, 2.75) is 6.42 Å². The van der Waals surface area contributed by atoms with Crippen LogP contribution in [0.5, 0.6) is 5.75 Å². The van der Waals surface area contributed by atoms with Crippen molar-refractivity contribution in [3.05, 3.63) is 29.8 Å². The van der Waals surface area contributed by atoms with Gasteiger partial charge in [0.15, 0.2) is 0 Å². The first-order chi connectivity index (χ1) is 9.71. The van der Waals surface area contributed by atoms with E-state index in [1.165, 1.54) is 0 Å². The maximum atomic E-state index is 12.0. The Morgan fingerprint density at radius 2 is 2.00 bits per heavy atom. The van der Waals surface area contributed by atoms with Crippen LogP contribution in [0.2, 0.25) is 0 Å². The molecule has 0 aromatic heterocycles. The van der Waals surface area contributed by atoms with Gasteiger partial charge in [0, 0.05) is 30.3 Å². The Morgan fingerprint density at radius 3 is 2.60 bits per heavy atom. The van der Waals surface area contributed by atoms with Gasteiger partial charge < -0.3 is 15.0 Å². The van der Waals surface area contributed by atoms with E-state index in [-0.39, 0.29) is 6.03 Å². The van der Waals surface area contributed by atoms with Gasteiger partial charge in [-0.25, -0.2) is 4.79 Å². The van der Waals surface area contributed by atoms with E-state index in [1.807, 2.05) is 24.3 Å². The third-order valence-electron chi connectivity index (χ3n) is 2.82. The summed E-state index contributed by atoms with van der Waals surface area (Å²) in [5.74, 6) is 0.842. The van der Waals surface area contributed by atoms with Gasteiger partial charge in [0.25, 0.3) is 0 Å². The number of hydrogen-bond donors (Lipinski definition) is 1. The standard InChI is InChI=1S/C14H20Br2N2O2/c1-20-13-4-2-3-12(11-13)5-8-17-14(19)18(9-6-15)10-7-16/h2-4,11H,5-10H2,1H3,(H,17,19). The van der Waals surface area contributed by atoms with Crippen LogP contribution in [-0.4, -0.2) is 48.3 Å². The predicted octanol–water partition coefficient (Wildman–Crippen LogP) is 3.04. The molecule has 0 radical (unpaired) electrons. The van der Waals surface area contributed by atoms with Crippen LogP contribution in [0.15, 0.2) is 24.3 Å². The van der Waals surface area contributed by atoms with Gasteiger partial charge in [-0.3, -0.25) is 0 Å². The number of ether oxygens (including phenoxy) is 1. The van der Waals surface area contributed by atoms with Gasteiger partial charge in [-0.1, -0.05) is 44.0 Å². The number of halogens is 2. The third kappa shape index (κ3) is 6.13. The number of hydrogen-bond acceptors (Lipinski definition) is 2. The van der Waals surface area contributed by atoms with Gasteiger partial charge >= 0.3 is 6.03 Å². The van der Waals surface area contributed by atoms with Crippen LogP contribution in [0.4, 0.5) is 4.79 Å². The molecule has 0 saturated carbocycles. The van der Waals surface area contributed by atoms with E-state index in [2.05, 4.69) is 37.2 Å². The molecule has 4 nitrogen and oxygen atoms in total. The average Bonchev–Trinajstić information content (AvgIpc) is 2.47. The van der Waals surface area contributed by atoms with Crippen molar-refractivity contribution in [3.63, 3.8) is 0 Å². The molecule has 1 aromatic carbocycles. The monoisotopic (exact) mass is 406 g/mol. The second-order valence-electron chi connectivity index (χ2n) is 4.20. The lowest BCUT2D eigenvalue weighted by Gasteiger charge is -2.21. The number of carbonyl (C=O) groups excluding carboxylic acids is 1. The largest absolute Gasteiger partial charge is 0.497 e. The van der Waals surface area contributed by atoms with Crippen molar-refractivity contribution in [2.24, 2.45) is 0 Å². The lowest BCUT2D eigenvalue weighted by Crippen LogP contribution is -2.42. The second-order valence-corrected chi connectivity index (χ2v) is 5.78. The number of urea groups is 1. The fraction of sp³-hybridized carbons (Fsp3) is 0.500. The van der Waals surface area contributed by atoms with Crippen molar-refractivity contribution in [2.75, 3.05) is 37.4 Å². The molecular weight excluding hydrogens is 388 g/mol. The van der Waals surface area contributed by atoms with E-state index in [0.717, 1.165) is 28.4 Å². The molecule has 0 fully saturated rings. The van der Waals surface area contributed by atoms with Crippen molar-refractivity contribution < 1.29 is 9.53 Å². The number of nitrogens with zero attached hydrogens (tertiary/aromatic N) is 1.